The molecule has 2 N–H and O–H groups in total. The molecule has 1 saturated heterocycles. The van der Waals surface area contributed by atoms with Crippen LogP contribution in [0.1, 0.15) is 72.2 Å². The topological polar surface area (TPSA) is 87.2 Å². The van der Waals surface area contributed by atoms with Crippen molar-refractivity contribution in [1.82, 2.24) is 20.4 Å². The molecule has 0 radical (unpaired) electrons. The Bertz CT molecular complexity index is 860. The van der Waals surface area contributed by atoms with Crippen molar-refractivity contribution in [3.8, 4) is 0 Å². The van der Waals surface area contributed by atoms with E-state index in [1.165, 1.54) is 50.1 Å². The molecule has 2 heterocycles. The Morgan fingerprint density at radius 2 is 1.81 bits per heavy atom. The first-order valence-corrected chi connectivity index (χ1v) is 12.5. The highest BCUT2D eigenvalue weighted by Crippen LogP contribution is 2.16. The van der Waals surface area contributed by atoms with Gasteiger partial charge in [-0.05, 0) is 64.8 Å². The van der Waals surface area contributed by atoms with Gasteiger partial charge in [0.15, 0.2) is 0 Å². The number of rotatable bonds is 10. The third-order valence-corrected chi connectivity index (χ3v) is 6.90. The van der Waals surface area contributed by atoms with Gasteiger partial charge >= 0.3 is 0 Å². The summed E-state index contributed by atoms with van der Waals surface area (Å²) in [5, 5.41) is 15.1. The number of benzene rings is 1. The second-order valence-corrected chi connectivity index (χ2v) is 9.67. The van der Waals surface area contributed by atoms with Crippen molar-refractivity contribution in [2.45, 2.75) is 71.3 Å². The summed E-state index contributed by atoms with van der Waals surface area (Å²) in [4.78, 5) is 27.1. The Morgan fingerprint density at radius 1 is 1.09 bits per heavy atom. The zero-order valence-corrected chi connectivity index (χ0v) is 20.0. The molecule has 7 nitrogen and oxygen atoms in total. The maximum atomic E-state index is 12.3. The van der Waals surface area contributed by atoms with E-state index >= 15 is 0 Å². The highest BCUT2D eigenvalue weighted by Gasteiger charge is 2.16. The Morgan fingerprint density at radius 3 is 2.53 bits per heavy atom. The van der Waals surface area contributed by atoms with Gasteiger partial charge in [-0.25, -0.2) is 0 Å². The monoisotopic (exact) mass is 457 g/mol. The molecule has 0 spiro atoms. The lowest BCUT2D eigenvalue weighted by molar-refractivity contribution is -0.121. The summed E-state index contributed by atoms with van der Waals surface area (Å²) < 4.78 is 0. The molecule has 174 valence electrons. The van der Waals surface area contributed by atoms with E-state index in [4.69, 9.17) is 0 Å². The predicted octanol–water partition coefficient (Wildman–Crippen LogP) is 4.19. The number of carbonyl (C=O) groups is 2. The first-order chi connectivity index (χ1) is 15.5. The fourth-order valence-corrected chi connectivity index (χ4v) is 4.67. The number of aromatic nitrogens is 2. The van der Waals surface area contributed by atoms with Crippen LogP contribution in [0, 0.1) is 6.92 Å². The smallest absolute Gasteiger partial charge is 0.286 e. The number of amides is 2. The van der Waals surface area contributed by atoms with Crippen molar-refractivity contribution in [2.24, 2.45) is 0 Å². The van der Waals surface area contributed by atoms with Gasteiger partial charge < -0.3 is 15.5 Å². The minimum atomic E-state index is -0.256. The number of nitrogens with one attached hydrogen (secondary N) is 2. The molecule has 1 aromatic carbocycles. The molecule has 2 amide bonds. The summed E-state index contributed by atoms with van der Waals surface area (Å²) in [5.41, 5.74) is 1.87. The van der Waals surface area contributed by atoms with Gasteiger partial charge in [0.1, 0.15) is 5.01 Å². The Balaban J connectivity index is 1.32. The minimum absolute atomic E-state index is 0.0786. The van der Waals surface area contributed by atoms with Crippen LogP contribution in [0.4, 0.5) is 5.69 Å². The van der Waals surface area contributed by atoms with E-state index in [0.717, 1.165) is 29.2 Å². The zero-order chi connectivity index (χ0) is 22.8. The van der Waals surface area contributed by atoms with Gasteiger partial charge in [0.05, 0.1) is 0 Å². The molecular weight excluding hydrogens is 422 g/mol. The molecule has 2 aromatic rings. The van der Waals surface area contributed by atoms with Crippen LogP contribution in [0.2, 0.25) is 0 Å². The van der Waals surface area contributed by atoms with E-state index in [0.29, 0.717) is 30.3 Å². The summed E-state index contributed by atoms with van der Waals surface area (Å²) in [6, 6.07) is 8.13. The molecular formula is C24H35N5O2S. The number of hydrogen-bond acceptors (Lipinski definition) is 6. The summed E-state index contributed by atoms with van der Waals surface area (Å²) in [6.07, 6.45) is 8.05. The van der Waals surface area contributed by atoms with Crippen molar-refractivity contribution < 1.29 is 9.59 Å². The maximum Gasteiger partial charge on any atom is 0.286 e. The van der Waals surface area contributed by atoms with Crippen molar-refractivity contribution in [2.75, 3.05) is 25.0 Å². The zero-order valence-electron chi connectivity index (χ0n) is 19.2. The van der Waals surface area contributed by atoms with Gasteiger partial charge in [0.25, 0.3) is 5.91 Å². The fraction of sp³-hybridized carbons (Fsp3) is 0.583. The summed E-state index contributed by atoms with van der Waals surface area (Å²) in [5.74, 6) is -0.177. The lowest BCUT2D eigenvalue weighted by Gasteiger charge is -2.27. The van der Waals surface area contributed by atoms with Crippen LogP contribution >= 0.6 is 11.3 Å². The van der Waals surface area contributed by atoms with Gasteiger partial charge in [-0.2, -0.15) is 0 Å². The number of aryl methyl sites for hydroxylation is 2. The standard InChI is InChI=1S/C24H35N5O2S/c1-18-10-12-20(13-11-18)26-23(31)24-28-27-22(32-24)9-7-8-21(30)25-15-14-19(2)29-16-5-3-4-6-17-29/h10-13,19H,3-9,14-17H2,1-2H3,(H,25,30)(H,26,31). The molecule has 1 atom stereocenters. The lowest BCUT2D eigenvalue weighted by atomic mass is 10.2. The third kappa shape index (κ3) is 7.98. The second-order valence-electron chi connectivity index (χ2n) is 8.61. The average Bonchev–Trinajstić information content (AvgIpc) is 3.08. The molecule has 0 aliphatic carbocycles. The Kier molecular flexibility index (Phi) is 9.62. The third-order valence-electron chi connectivity index (χ3n) is 5.91. The van der Waals surface area contributed by atoms with Gasteiger partial charge in [-0.3, -0.25) is 9.59 Å². The van der Waals surface area contributed by atoms with Gasteiger partial charge in [0.2, 0.25) is 10.9 Å². The quantitative estimate of drug-likeness (QED) is 0.559. The second kappa shape index (κ2) is 12.6. The SMILES string of the molecule is Cc1ccc(NC(=O)c2nnc(CCCC(=O)NCCC(C)N3CCCCCC3)s2)cc1. The number of nitrogens with zero attached hydrogens (tertiary/aromatic N) is 3. The van der Waals surface area contributed by atoms with Crippen molar-refractivity contribution in [3.63, 3.8) is 0 Å². The van der Waals surface area contributed by atoms with E-state index in [-0.39, 0.29) is 11.8 Å². The normalized spacial score (nSPS) is 15.7. The first-order valence-electron chi connectivity index (χ1n) is 11.7. The van der Waals surface area contributed by atoms with Crippen LogP contribution in [0.25, 0.3) is 0 Å². The van der Waals surface area contributed by atoms with Crippen LogP contribution in [0.5, 0.6) is 0 Å². The Labute approximate surface area is 195 Å². The molecule has 32 heavy (non-hydrogen) atoms. The van der Waals surface area contributed by atoms with Crippen molar-refractivity contribution in [3.05, 3.63) is 39.8 Å². The molecule has 1 aliphatic heterocycles. The lowest BCUT2D eigenvalue weighted by Crippen LogP contribution is -2.37. The van der Waals surface area contributed by atoms with Gasteiger partial charge in [-0.1, -0.05) is 41.9 Å². The van der Waals surface area contributed by atoms with E-state index in [1.807, 2.05) is 31.2 Å². The summed E-state index contributed by atoms with van der Waals surface area (Å²) >= 11 is 1.28. The Hall–Kier alpha value is -2.32. The largest absolute Gasteiger partial charge is 0.356 e. The highest BCUT2D eigenvalue weighted by molar-refractivity contribution is 7.13. The van der Waals surface area contributed by atoms with E-state index in [9.17, 15) is 9.59 Å². The summed E-state index contributed by atoms with van der Waals surface area (Å²) in [7, 11) is 0. The number of anilines is 1. The van der Waals surface area contributed by atoms with Gasteiger partial charge in [-0.15, -0.1) is 10.2 Å². The molecule has 0 saturated carbocycles. The molecule has 1 unspecified atom stereocenters. The highest BCUT2D eigenvalue weighted by atomic mass is 32.1. The van der Waals surface area contributed by atoms with Crippen LogP contribution in [0.3, 0.4) is 0 Å². The molecule has 3 rings (SSSR count). The minimum Gasteiger partial charge on any atom is -0.356 e. The average molecular weight is 458 g/mol. The molecule has 1 aromatic heterocycles. The van der Waals surface area contributed by atoms with Crippen molar-refractivity contribution >= 4 is 28.8 Å². The molecule has 8 heteroatoms. The predicted molar refractivity (Wildman–Crippen MR) is 129 cm³/mol. The first kappa shape index (κ1) is 24.3. The maximum absolute atomic E-state index is 12.3. The van der Waals surface area contributed by atoms with Crippen LogP contribution in [-0.4, -0.2) is 52.6 Å². The van der Waals surface area contributed by atoms with Crippen LogP contribution < -0.4 is 10.6 Å². The van der Waals surface area contributed by atoms with Crippen LogP contribution in [-0.2, 0) is 11.2 Å². The molecule has 1 aliphatic rings. The number of likely N-dealkylation sites (tertiary alicyclic amines) is 1. The van der Waals surface area contributed by atoms with Crippen molar-refractivity contribution in [1.29, 1.82) is 0 Å². The van der Waals surface area contributed by atoms with E-state index in [2.05, 4.69) is 32.7 Å². The van der Waals surface area contributed by atoms with E-state index < -0.39 is 0 Å². The number of hydrogen-bond donors (Lipinski definition) is 2. The summed E-state index contributed by atoms with van der Waals surface area (Å²) in [6.45, 7) is 7.35. The molecule has 0 bridgehead atoms. The van der Waals surface area contributed by atoms with Crippen LogP contribution in [0.15, 0.2) is 24.3 Å². The van der Waals surface area contributed by atoms with Gasteiger partial charge in [0, 0.05) is 31.1 Å². The fourth-order valence-electron chi connectivity index (χ4n) is 3.90. The molecule has 1 fully saturated rings. The van der Waals surface area contributed by atoms with E-state index in [1.54, 1.807) is 0 Å². The number of carbonyl (C=O) groups excluding carboxylic acids is 2.